The van der Waals surface area contributed by atoms with Gasteiger partial charge in [0.25, 0.3) is 0 Å². The number of nitrogens with zero attached hydrogens (tertiary/aromatic N) is 1. The average Bonchev–Trinajstić information content (AvgIpc) is 3.06. The molecular weight excluding hydrogens is 626 g/mol. The number of allylic oxidation sites excluding steroid dienone is 1. The minimum atomic E-state index is -0.513. The Kier molecular flexibility index (Phi) is 29.5. The number of carbonyl (C=O) groups excluding carboxylic acids is 3. The fourth-order valence-corrected chi connectivity index (χ4v) is 6.10. The second-order valence-electron chi connectivity index (χ2n) is 16.2. The van der Waals surface area contributed by atoms with Crippen LogP contribution in [0.1, 0.15) is 196 Å². The molecule has 7 nitrogen and oxygen atoms in total. The number of hydrogen-bond acceptors (Lipinski definition) is 7. The molecule has 0 heterocycles. The van der Waals surface area contributed by atoms with Crippen LogP contribution in [0.2, 0.25) is 0 Å². The molecule has 0 aliphatic heterocycles. The molecule has 0 saturated carbocycles. The van der Waals surface area contributed by atoms with Crippen LogP contribution in [0.4, 0.5) is 0 Å². The molecule has 0 rings (SSSR count). The predicted molar refractivity (Wildman–Crippen MR) is 209 cm³/mol. The molecule has 294 valence electrons. The molecule has 1 unspecified atom stereocenters. The molecule has 1 atom stereocenters. The third-order valence-corrected chi connectivity index (χ3v) is 9.73. The Hall–Kier alpha value is -1.89. The minimum absolute atomic E-state index is 0.0885. The van der Waals surface area contributed by atoms with Crippen molar-refractivity contribution in [2.75, 3.05) is 33.9 Å². The maximum atomic E-state index is 12.7. The zero-order valence-corrected chi connectivity index (χ0v) is 34.2. The highest BCUT2D eigenvalue weighted by Crippen LogP contribution is 2.28. The van der Waals surface area contributed by atoms with Crippen LogP contribution in [0.15, 0.2) is 12.2 Å². The first-order valence-electron chi connectivity index (χ1n) is 20.7. The molecule has 0 aliphatic rings. The van der Waals surface area contributed by atoms with Gasteiger partial charge in [0.1, 0.15) is 12.7 Å². The van der Waals surface area contributed by atoms with E-state index < -0.39 is 10.8 Å². The molecule has 0 saturated heterocycles. The maximum Gasteiger partial charge on any atom is 0.311 e. The summed E-state index contributed by atoms with van der Waals surface area (Å²) >= 11 is 0. The van der Waals surface area contributed by atoms with Crippen molar-refractivity contribution in [2.24, 2.45) is 10.8 Å². The summed E-state index contributed by atoms with van der Waals surface area (Å²) in [6, 6.07) is 0. The van der Waals surface area contributed by atoms with Crippen molar-refractivity contribution in [3.05, 3.63) is 12.2 Å². The second-order valence-corrected chi connectivity index (χ2v) is 16.2. The average molecular weight is 708 g/mol. The Morgan fingerprint density at radius 1 is 0.600 bits per heavy atom. The van der Waals surface area contributed by atoms with Crippen molar-refractivity contribution in [1.29, 1.82) is 0 Å². The molecule has 0 amide bonds. The van der Waals surface area contributed by atoms with Crippen LogP contribution in [0.5, 0.6) is 0 Å². The number of hydrogen-bond donors (Lipinski definition) is 0. The summed E-state index contributed by atoms with van der Waals surface area (Å²) in [6.45, 7) is 14.1. The Morgan fingerprint density at radius 3 is 1.66 bits per heavy atom. The molecule has 0 aromatic heterocycles. The van der Waals surface area contributed by atoms with E-state index in [-0.39, 0.29) is 24.0 Å². The fourth-order valence-electron chi connectivity index (χ4n) is 6.10. The van der Waals surface area contributed by atoms with Crippen LogP contribution in [-0.2, 0) is 28.6 Å². The number of carbonyl (C=O) groups is 3. The summed E-state index contributed by atoms with van der Waals surface area (Å²) in [7, 11) is 4.03. The first-order valence-corrected chi connectivity index (χ1v) is 20.7. The van der Waals surface area contributed by atoms with Crippen molar-refractivity contribution in [1.82, 2.24) is 4.90 Å². The van der Waals surface area contributed by atoms with E-state index in [0.717, 1.165) is 96.4 Å². The quantitative estimate of drug-likeness (QED) is 0.0285. The van der Waals surface area contributed by atoms with Gasteiger partial charge in [0.15, 0.2) is 0 Å². The third-order valence-electron chi connectivity index (χ3n) is 9.73. The van der Waals surface area contributed by atoms with Crippen molar-refractivity contribution < 1.29 is 28.6 Å². The lowest BCUT2D eigenvalue weighted by molar-refractivity contribution is -0.155. The van der Waals surface area contributed by atoms with E-state index in [0.29, 0.717) is 19.6 Å². The van der Waals surface area contributed by atoms with Crippen LogP contribution in [0, 0.1) is 10.8 Å². The lowest BCUT2D eigenvalue weighted by Crippen LogP contribution is -2.27. The van der Waals surface area contributed by atoms with E-state index in [1.54, 1.807) is 0 Å². The highest BCUT2D eigenvalue weighted by atomic mass is 16.5. The Morgan fingerprint density at radius 2 is 1.10 bits per heavy atom. The van der Waals surface area contributed by atoms with Crippen LogP contribution >= 0.6 is 0 Å². The molecule has 0 aliphatic carbocycles. The van der Waals surface area contributed by atoms with E-state index in [9.17, 15) is 14.4 Å². The SMILES string of the molecule is CCCCCC/C=C\COC(=O)C(C)(C)CCCCCC(CCCCCC(C)(C)C(=O)OCCCCCCCCC)OC(=O)CCCN(C)C. The first kappa shape index (κ1) is 48.1. The molecule has 0 aromatic rings. The number of unbranched alkanes of at least 4 members (excludes halogenated alkanes) is 14. The molecule has 0 radical (unpaired) electrons. The molecule has 0 N–H and O–H groups in total. The van der Waals surface area contributed by atoms with Crippen LogP contribution < -0.4 is 0 Å². The third kappa shape index (κ3) is 27.8. The van der Waals surface area contributed by atoms with E-state index in [1.807, 2.05) is 47.9 Å². The Labute approximate surface area is 309 Å². The molecule has 0 bridgehead atoms. The number of esters is 3. The van der Waals surface area contributed by atoms with Crippen molar-refractivity contribution in [3.8, 4) is 0 Å². The van der Waals surface area contributed by atoms with Gasteiger partial charge in [0.05, 0.1) is 17.4 Å². The van der Waals surface area contributed by atoms with E-state index in [1.165, 1.54) is 57.8 Å². The van der Waals surface area contributed by atoms with Gasteiger partial charge >= 0.3 is 17.9 Å². The summed E-state index contributed by atoms with van der Waals surface area (Å²) in [4.78, 5) is 40.2. The van der Waals surface area contributed by atoms with Crippen LogP contribution in [-0.4, -0.2) is 62.8 Å². The molecule has 50 heavy (non-hydrogen) atoms. The van der Waals surface area contributed by atoms with Gasteiger partial charge in [-0.05, 0) is 113 Å². The first-order chi connectivity index (χ1) is 23.9. The monoisotopic (exact) mass is 708 g/mol. The summed E-state index contributed by atoms with van der Waals surface area (Å²) in [5, 5.41) is 0. The van der Waals surface area contributed by atoms with Crippen LogP contribution in [0.3, 0.4) is 0 Å². The summed E-state index contributed by atoms with van der Waals surface area (Å²) in [6.07, 6.45) is 28.7. The topological polar surface area (TPSA) is 82.1 Å². The maximum absolute atomic E-state index is 12.7. The molecular formula is C43H81NO6. The summed E-state index contributed by atoms with van der Waals surface area (Å²) in [5.74, 6) is -0.336. The van der Waals surface area contributed by atoms with Gasteiger partial charge in [-0.3, -0.25) is 14.4 Å². The molecule has 0 aromatic carbocycles. The van der Waals surface area contributed by atoms with Gasteiger partial charge in [0, 0.05) is 6.42 Å². The van der Waals surface area contributed by atoms with Crippen molar-refractivity contribution in [2.45, 2.75) is 202 Å². The second kappa shape index (κ2) is 30.7. The highest BCUT2D eigenvalue weighted by molar-refractivity contribution is 5.76. The molecule has 0 fully saturated rings. The molecule has 7 heteroatoms. The largest absolute Gasteiger partial charge is 0.465 e. The number of rotatable bonds is 34. The van der Waals surface area contributed by atoms with Gasteiger partial charge in [0.2, 0.25) is 0 Å². The fraction of sp³-hybridized carbons (Fsp3) is 0.884. The van der Waals surface area contributed by atoms with Gasteiger partial charge in [-0.1, -0.05) is 109 Å². The van der Waals surface area contributed by atoms with Crippen molar-refractivity contribution in [3.63, 3.8) is 0 Å². The highest BCUT2D eigenvalue weighted by Gasteiger charge is 2.29. The zero-order valence-electron chi connectivity index (χ0n) is 34.2. The van der Waals surface area contributed by atoms with Gasteiger partial charge in [-0.2, -0.15) is 0 Å². The normalized spacial score (nSPS) is 12.8. The van der Waals surface area contributed by atoms with E-state index in [4.69, 9.17) is 14.2 Å². The van der Waals surface area contributed by atoms with Gasteiger partial charge in [-0.25, -0.2) is 0 Å². The van der Waals surface area contributed by atoms with Gasteiger partial charge < -0.3 is 19.1 Å². The summed E-state index contributed by atoms with van der Waals surface area (Å²) in [5.41, 5.74) is -0.994. The number of ether oxygens (including phenoxy) is 3. The Balaban J connectivity index is 4.56. The lowest BCUT2D eigenvalue weighted by Gasteiger charge is -2.23. The van der Waals surface area contributed by atoms with Crippen LogP contribution in [0.25, 0.3) is 0 Å². The summed E-state index contributed by atoms with van der Waals surface area (Å²) < 4.78 is 17.2. The smallest absolute Gasteiger partial charge is 0.311 e. The molecule has 0 spiro atoms. The van der Waals surface area contributed by atoms with E-state index >= 15 is 0 Å². The Bertz CT molecular complexity index is 881. The van der Waals surface area contributed by atoms with Gasteiger partial charge in [-0.15, -0.1) is 0 Å². The minimum Gasteiger partial charge on any atom is -0.465 e. The lowest BCUT2D eigenvalue weighted by atomic mass is 9.86. The van der Waals surface area contributed by atoms with Crippen molar-refractivity contribution >= 4 is 17.9 Å². The standard InChI is InChI=1S/C43H81NO6/c1-9-11-13-15-17-19-27-36-48-40(46)42(3,4)33-25-21-23-30-38(50-39(45)32-29-35-44(7)8)31-24-22-26-34-43(5,6)41(47)49-37-28-20-18-16-14-12-10-2/h19,27,38H,9-18,20-26,28-37H2,1-8H3/b27-19-. The zero-order chi connectivity index (χ0) is 37.5. The predicted octanol–water partition coefficient (Wildman–Crippen LogP) is 11.6. The van der Waals surface area contributed by atoms with E-state index in [2.05, 4.69) is 24.8 Å².